The number of para-hydroxylation sites is 1. The quantitative estimate of drug-likeness (QED) is 0.406. The largest absolute Gasteiger partial charge is 0.338 e. The number of rotatable bonds is 8. The summed E-state index contributed by atoms with van der Waals surface area (Å²) in [6, 6.07) is 17.3. The van der Waals surface area contributed by atoms with E-state index in [2.05, 4.69) is 11.9 Å². The van der Waals surface area contributed by atoms with Gasteiger partial charge in [0.05, 0.1) is 22.7 Å². The predicted octanol–water partition coefficient (Wildman–Crippen LogP) is 4.51. The second kappa shape index (κ2) is 9.74. The molecule has 3 rings (SSSR count). The van der Waals surface area contributed by atoms with Gasteiger partial charge in [0.1, 0.15) is 0 Å². The lowest BCUT2D eigenvalue weighted by molar-refractivity contribution is -0.128. The monoisotopic (exact) mass is 409 g/mol. The minimum absolute atomic E-state index is 0.0100. The van der Waals surface area contributed by atoms with E-state index in [4.69, 9.17) is 0 Å². The van der Waals surface area contributed by atoms with Crippen molar-refractivity contribution >= 4 is 28.6 Å². The molecular weight excluding hydrogens is 382 g/mol. The molecule has 2 aromatic carbocycles. The second-order valence-electron chi connectivity index (χ2n) is 7.10. The number of unbranched alkanes of at least 4 members (excludes halogenated alkanes) is 1. The predicted molar refractivity (Wildman–Crippen MR) is 119 cm³/mol. The third kappa shape index (κ3) is 4.88. The number of hydrogen-bond donors (Lipinski definition) is 0. The van der Waals surface area contributed by atoms with Crippen LogP contribution in [0.5, 0.6) is 0 Å². The van der Waals surface area contributed by atoms with Crippen molar-refractivity contribution in [1.29, 1.82) is 0 Å². The maximum atomic E-state index is 12.9. The summed E-state index contributed by atoms with van der Waals surface area (Å²) in [6.07, 6.45) is 1.88. The number of nitrogens with zero attached hydrogens (tertiary/aromatic N) is 3. The Morgan fingerprint density at radius 1 is 1.14 bits per heavy atom. The minimum Gasteiger partial charge on any atom is -0.338 e. The fourth-order valence-electron chi connectivity index (χ4n) is 3.17. The Labute approximate surface area is 175 Å². The normalized spacial score (nSPS) is 12.1. The van der Waals surface area contributed by atoms with Crippen molar-refractivity contribution in [1.82, 2.24) is 14.5 Å². The van der Waals surface area contributed by atoms with Gasteiger partial charge in [0.15, 0.2) is 5.16 Å². The highest BCUT2D eigenvalue weighted by molar-refractivity contribution is 7.99. The third-order valence-electron chi connectivity index (χ3n) is 5.14. The van der Waals surface area contributed by atoms with Gasteiger partial charge < -0.3 is 4.90 Å². The number of aromatic nitrogens is 2. The van der Waals surface area contributed by atoms with Crippen LogP contribution in [0.25, 0.3) is 10.9 Å². The van der Waals surface area contributed by atoms with Gasteiger partial charge in [-0.15, -0.1) is 0 Å². The highest BCUT2D eigenvalue weighted by Gasteiger charge is 2.19. The molecule has 0 saturated carbocycles. The van der Waals surface area contributed by atoms with Crippen molar-refractivity contribution in [3.8, 4) is 0 Å². The topological polar surface area (TPSA) is 55.2 Å². The van der Waals surface area contributed by atoms with Gasteiger partial charge in [-0.25, -0.2) is 4.98 Å². The van der Waals surface area contributed by atoms with E-state index < -0.39 is 0 Å². The molecule has 0 aliphatic heterocycles. The van der Waals surface area contributed by atoms with Crippen molar-refractivity contribution in [2.75, 3.05) is 12.8 Å². The standard InChI is InChI=1S/C23H27N3O2S/c1-4-5-15-26-22(28)19-13-9-10-14-20(19)24-23(26)29-16-21(27)25(3)17(2)18-11-7-6-8-12-18/h6-14,17H,4-5,15-16H2,1-3H3. The molecule has 3 aromatic rings. The number of benzene rings is 2. The zero-order valence-electron chi connectivity index (χ0n) is 17.2. The van der Waals surface area contributed by atoms with Gasteiger partial charge in [0.2, 0.25) is 5.91 Å². The number of carbonyl (C=O) groups is 1. The molecule has 6 heteroatoms. The first-order valence-electron chi connectivity index (χ1n) is 9.96. The molecule has 0 aliphatic carbocycles. The molecule has 0 spiro atoms. The summed E-state index contributed by atoms with van der Waals surface area (Å²) in [5.74, 6) is 0.251. The van der Waals surface area contributed by atoms with E-state index in [1.807, 2.05) is 68.6 Å². The summed E-state index contributed by atoms with van der Waals surface area (Å²) in [7, 11) is 1.82. The smallest absolute Gasteiger partial charge is 0.262 e. The first-order chi connectivity index (χ1) is 14.0. The molecule has 152 valence electrons. The molecular formula is C23H27N3O2S. The fraction of sp³-hybridized carbons (Fsp3) is 0.348. The Morgan fingerprint density at radius 2 is 1.83 bits per heavy atom. The van der Waals surface area contributed by atoms with Crippen LogP contribution >= 0.6 is 11.8 Å². The van der Waals surface area contributed by atoms with Crippen molar-refractivity contribution in [3.05, 3.63) is 70.5 Å². The first kappa shape index (κ1) is 21.1. The molecule has 1 aromatic heterocycles. The van der Waals surface area contributed by atoms with E-state index in [-0.39, 0.29) is 23.3 Å². The van der Waals surface area contributed by atoms with Crippen LogP contribution in [0.3, 0.4) is 0 Å². The molecule has 5 nitrogen and oxygen atoms in total. The van der Waals surface area contributed by atoms with Crippen molar-refractivity contribution in [2.45, 2.75) is 44.4 Å². The van der Waals surface area contributed by atoms with Crippen LogP contribution < -0.4 is 5.56 Å². The molecule has 1 heterocycles. The van der Waals surface area contributed by atoms with Gasteiger partial charge in [0.25, 0.3) is 5.56 Å². The molecule has 29 heavy (non-hydrogen) atoms. The van der Waals surface area contributed by atoms with Crippen LogP contribution in [0.1, 0.15) is 38.3 Å². The molecule has 1 atom stereocenters. The average Bonchev–Trinajstić information content (AvgIpc) is 2.76. The van der Waals surface area contributed by atoms with Gasteiger partial charge in [-0.2, -0.15) is 0 Å². The maximum absolute atomic E-state index is 12.9. The van der Waals surface area contributed by atoms with E-state index in [1.165, 1.54) is 11.8 Å². The molecule has 0 N–H and O–H groups in total. The lowest BCUT2D eigenvalue weighted by atomic mass is 10.1. The van der Waals surface area contributed by atoms with Gasteiger partial charge in [-0.05, 0) is 31.0 Å². The van der Waals surface area contributed by atoms with Crippen LogP contribution in [-0.4, -0.2) is 33.2 Å². The summed E-state index contributed by atoms with van der Waals surface area (Å²) in [5, 5.41) is 1.23. The van der Waals surface area contributed by atoms with Crippen LogP contribution in [0.15, 0.2) is 64.5 Å². The zero-order valence-corrected chi connectivity index (χ0v) is 18.0. The second-order valence-corrected chi connectivity index (χ2v) is 8.04. The van der Waals surface area contributed by atoms with Crippen molar-refractivity contribution in [2.24, 2.45) is 0 Å². The number of carbonyl (C=O) groups excluding carboxylic acids is 1. The van der Waals surface area contributed by atoms with E-state index in [9.17, 15) is 9.59 Å². The summed E-state index contributed by atoms with van der Waals surface area (Å²) in [5.41, 5.74) is 1.73. The molecule has 1 unspecified atom stereocenters. The molecule has 0 radical (unpaired) electrons. The summed E-state index contributed by atoms with van der Waals surface area (Å²) < 4.78 is 1.71. The Bertz CT molecular complexity index is 1030. The molecule has 0 aliphatic rings. The highest BCUT2D eigenvalue weighted by Crippen LogP contribution is 2.22. The molecule has 0 fully saturated rings. The fourth-order valence-corrected chi connectivity index (χ4v) is 4.12. The Morgan fingerprint density at radius 3 is 2.55 bits per heavy atom. The number of hydrogen-bond acceptors (Lipinski definition) is 4. The van der Waals surface area contributed by atoms with Crippen molar-refractivity contribution in [3.63, 3.8) is 0 Å². The van der Waals surface area contributed by atoms with Gasteiger partial charge in [-0.3, -0.25) is 14.2 Å². The lowest BCUT2D eigenvalue weighted by Gasteiger charge is -2.25. The van der Waals surface area contributed by atoms with Gasteiger partial charge in [0, 0.05) is 13.6 Å². The number of thioether (sulfide) groups is 1. The van der Waals surface area contributed by atoms with Crippen molar-refractivity contribution < 1.29 is 4.79 Å². The molecule has 0 saturated heterocycles. The van der Waals surface area contributed by atoms with E-state index in [0.29, 0.717) is 22.6 Å². The Balaban J connectivity index is 1.80. The average molecular weight is 410 g/mol. The van der Waals surface area contributed by atoms with Crippen LogP contribution in [-0.2, 0) is 11.3 Å². The highest BCUT2D eigenvalue weighted by atomic mass is 32.2. The van der Waals surface area contributed by atoms with Crippen LogP contribution in [0.2, 0.25) is 0 Å². The van der Waals surface area contributed by atoms with E-state index in [0.717, 1.165) is 18.4 Å². The zero-order chi connectivity index (χ0) is 20.8. The lowest BCUT2D eigenvalue weighted by Crippen LogP contribution is -2.31. The van der Waals surface area contributed by atoms with E-state index in [1.54, 1.807) is 9.47 Å². The third-order valence-corrected chi connectivity index (χ3v) is 6.10. The first-order valence-corrected chi connectivity index (χ1v) is 10.9. The van der Waals surface area contributed by atoms with Gasteiger partial charge >= 0.3 is 0 Å². The Kier molecular flexibility index (Phi) is 7.09. The summed E-state index contributed by atoms with van der Waals surface area (Å²) in [6.45, 7) is 4.72. The van der Waals surface area contributed by atoms with Gasteiger partial charge in [-0.1, -0.05) is 67.6 Å². The van der Waals surface area contributed by atoms with Crippen LogP contribution in [0.4, 0.5) is 0 Å². The number of fused-ring (bicyclic) bond motifs is 1. The SMILES string of the molecule is CCCCn1c(SCC(=O)N(C)C(C)c2ccccc2)nc2ccccc2c1=O. The Hall–Kier alpha value is -2.60. The number of amides is 1. The summed E-state index contributed by atoms with van der Waals surface area (Å²) in [4.78, 5) is 32.2. The minimum atomic E-state index is -0.0370. The van der Waals surface area contributed by atoms with E-state index >= 15 is 0 Å². The summed E-state index contributed by atoms with van der Waals surface area (Å²) >= 11 is 1.34. The molecule has 1 amide bonds. The van der Waals surface area contributed by atoms with Crippen LogP contribution in [0, 0.1) is 0 Å². The maximum Gasteiger partial charge on any atom is 0.262 e. The molecule has 0 bridgehead atoms.